The van der Waals surface area contributed by atoms with Crippen LogP contribution in [0.15, 0.2) is 0 Å². The van der Waals surface area contributed by atoms with Crippen molar-refractivity contribution >= 4 is 0 Å². The maximum Gasteiger partial charge on any atom is 0.393 e. The summed E-state index contributed by atoms with van der Waals surface area (Å²) in [4.78, 5) is 0. The van der Waals surface area contributed by atoms with Gasteiger partial charge in [0.05, 0.1) is 5.41 Å². The summed E-state index contributed by atoms with van der Waals surface area (Å²) in [5.41, 5.74) is 0.463. The second-order valence-electron chi connectivity index (χ2n) is 38.0. The van der Waals surface area contributed by atoms with Gasteiger partial charge >= 0.3 is 6.18 Å². The topological polar surface area (TPSA) is 0 Å². The molecule has 0 spiro atoms. The molecule has 84 heavy (non-hydrogen) atoms. The molecule has 2 aliphatic carbocycles. The van der Waals surface area contributed by atoms with Crippen molar-refractivity contribution in [2.75, 3.05) is 0 Å². The Hall–Kier alpha value is -0.210. The second kappa shape index (κ2) is 44.3. The number of alkyl halides is 3. The minimum atomic E-state index is -4.10. The Balaban J connectivity index is -0.000000147. The molecule has 520 valence electrons. The number of hydrogen-bond acceptors (Lipinski definition) is 0. The van der Waals surface area contributed by atoms with E-state index < -0.39 is 43.5 Å². The summed E-state index contributed by atoms with van der Waals surface area (Å²) < 4.78 is 107. The van der Waals surface area contributed by atoms with Gasteiger partial charge in [-0.3, -0.25) is 0 Å². The fourth-order valence-electron chi connectivity index (χ4n) is 11.8. The molecule has 2 fully saturated rings. The SMILES string of the molecule is CC(C)(C)C1CCCC1.CC(C)(C)C1CCCCC1.CC(C)(C)CC(C)(C)C.CC(C)(C)CC(C)(C)C(F)(F)F.CC(C)CC(C)(C)C.CCC(CC)C(C(CC)CC)C(C)(C)C.[2H]C(C)(C)C(C)(C)C.[2H]C([2H])(C)C(C)(C)C.[2H]C([2H])(C)C([2H])([2H])C(C)(C)C.[2H]C([2H])[2H]. The summed E-state index contributed by atoms with van der Waals surface area (Å²) in [6.07, 6.45) is 12.7. The van der Waals surface area contributed by atoms with Crippen molar-refractivity contribution in [3.05, 3.63) is 0 Å². The van der Waals surface area contributed by atoms with Gasteiger partial charge in [0.1, 0.15) is 0 Å². The van der Waals surface area contributed by atoms with E-state index in [1.807, 2.05) is 55.4 Å². The fraction of sp³-hybridized carbons (Fsp3) is 1.00. The van der Waals surface area contributed by atoms with E-state index in [0.717, 1.165) is 35.5 Å². The highest BCUT2D eigenvalue weighted by atomic mass is 19.4. The van der Waals surface area contributed by atoms with Gasteiger partial charge in [-0.05, 0) is 147 Å². The Morgan fingerprint density at radius 3 is 0.762 bits per heavy atom. The van der Waals surface area contributed by atoms with Crippen LogP contribution in [0.5, 0.6) is 0 Å². The lowest BCUT2D eigenvalue weighted by Gasteiger charge is -2.42. The van der Waals surface area contributed by atoms with Gasteiger partial charge in [0.15, 0.2) is 0 Å². The Morgan fingerprint density at radius 1 is 0.417 bits per heavy atom. The minimum Gasteiger partial charge on any atom is -0.171 e. The summed E-state index contributed by atoms with van der Waals surface area (Å²) >= 11 is 0. The van der Waals surface area contributed by atoms with Crippen LogP contribution in [0.3, 0.4) is 0 Å². The molecule has 0 aromatic heterocycles. The van der Waals surface area contributed by atoms with Crippen LogP contribution < -0.4 is 0 Å². The molecule has 0 aliphatic heterocycles. The molecule has 0 aromatic carbocycles. The Labute approximate surface area is 552 Å². The maximum absolute atomic E-state index is 12.4. The third-order valence-corrected chi connectivity index (χ3v) is 16.1. The zero-order chi connectivity index (χ0) is 78.4. The van der Waals surface area contributed by atoms with Crippen LogP contribution in [0.1, 0.15) is 434 Å². The van der Waals surface area contributed by atoms with E-state index in [1.54, 1.807) is 27.7 Å². The highest BCUT2D eigenvalue weighted by Crippen LogP contribution is 2.46. The lowest BCUT2D eigenvalue weighted by Crippen LogP contribution is -2.35. The predicted octanol–water partition coefficient (Wildman–Crippen LogP) is 31.5. The van der Waals surface area contributed by atoms with Gasteiger partial charge in [-0.25, -0.2) is 0 Å². The monoisotopic (exact) mass is 1220 g/mol. The Bertz CT molecular complexity index is 1690. The van der Waals surface area contributed by atoms with E-state index in [0.29, 0.717) is 32.5 Å². The van der Waals surface area contributed by atoms with E-state index in [2.05, 4.69) is 187 Å². The van der Waals surface area contributed by atoms with Gasteiger partial charge < -0.3 is 0 Å². The summed E-state index contributed by atoms with van der Waals surface area (Å²) in [7, 11) is -1.42. The van der Waals surface area contributed by atoms with Crippen molar-refractivity contribution < 1.29 is 26.9 Å². The number of hydrogen-bond donors (Lipinski definition) is 0. The molecule has 0 heterocycles. The standard InChI is InChI=1S/C15H32.C10H20.C9H17F3.C9H18.C9H20.C8H18.2C7H16.C6H14.CH4/c1-8-12(9-2)14(15(5,6)7)13(10-3)11-4;1-10(2,3)9-7-5-4-6-8-9;1-7(2,3)6-8(4,5)9(10,11)12;1-9(2,3)8-6-4-5-7-8;1-8(2,3)7-9(4,5)6;1-7(2)6-8(3,4)5;1-6(2)7(3,4)5;1-5-6-7(2,3)4;1-5-6(2,3)4;/h12-14H,8-11H2,1-7H3;9H,4-8H2,1-3H3;6H2,1-5H3;8H,4-7H2,1-3H3;7H2,1-6H3;7H,6H2,1-5H3;6H,1-5H3;5-6H2,1-4H3;5H2,1-4H3;1H4/i;;;;;;6D;5D2,6D2;5D2;1D3. The molecule has 0 aromatic rings. The van der Waals surface area contributed by atoms with E-state index in [4.69, 9.17) is 13.7 Å². The van der Waals surface area contributed by atoms with Crippen molar-refractivity contribution in [3.8, 4) is 0 Å². The molecule has 0 N–H and O–H groups in total. The van der Waals surface area contributed by atoms with Crippen LogP contribution in [-0.4, -0.2) is 6.18 Å². The van der Waals surface area contributed by atoms with Crippen LogP contribution in [0.4, 0.5) is 13.2 Å². The quantitative estimate of drug-likeness (QED) is 0.216. The molecule has 0 saturated heterocycles. The Kier molecular flexibility index (Phi) is 41.2. The molecule has 0 atom stereocenters. The van der Waals surface area contributed by atoms with Crippen molar-refractivity contribution in [2.45, 2.75) is 426 Å². The molecular formula is C81H175F3. The van der Waals surface area contributed by atoms with E-state index in [1.165, 1.54) is 117 Å². The second-order valence-corrected chi connectivity index (χ2v) is 38.0. The van der Waals surface area contributed by atoms with Gasteiger partial charge in [-0.1, -0.05) is 369 Å². The smallest absolute Gasteiger partial charge is 0.171 e. The maximum atomic E-state index is 12.4. The van der Waals surface area contributed by atoms with Gasteiger partial charge in [0.2, 0.25) is 0 Å². The van der Waals surface area contributed by atoms with Gasteiger partial charge in [0, 0.05) is 13.7 Å². The zero-order valence-corrected chi connectivity index (χ0v) is 66.5. The molecule has 2 rings (SSSR count). The molecule has 2 aliphatic rings. The van der Waals surface area contributed by atoms with Crippen LogP contribution in [0, 0.1) is 101 Å². The first kappa shape index (κ1) is 78.0. The van der Waals surface area contributed by atoms with E-state index >= 15 is 0 Å². The first-order valence-corrected chi connectivity index (χ1v) is 34.3. The van der Waals surface area contributed by atoms with Gasteiger partial charge in [-0.15, -0.1) is 0 Å². The largest absolute Gasteiger partial charge is 0.393 e. The van der Waals surface area contributed by atoms with Crippen molar-refractivity contribution in [3.63, 3.8) is 0 Å². The van der Waals surface area contributed by atoms with Crippen molar-refractivity contribution in [1.82, 2.24) is 0 Å². The van der Waals surface area contributed by atoms with Crippen molar-refractivity contribution in [1.29, 1.82) is 0 Å². The van der Waals surface area contributed by atoms with Gasteiger partial charge in [0.25, 0.3) is 0 Å². The molecule has 0 amide bonds. The molecule has 2 saturated carbocycles. The lowest BCUT2D eigenvalue weighted by atomic mass is 9.64. The fourth-order valence-corrected chi connectivity index (χ4v) is 11.8. The van der Waals surface area contributed by atoms with E-state index in [9.17, 15) is 13.2 Å². The molecular weight excluding hydrogens is 1030 g/mol. The molecule has 0 nitrogen and oxygen atoms in total. The molecule has 0 radical (unpaired) electrons. The van der Waals surface area contributed by atoms with Gasteiger partial charge in [-0.2, -0.15) is 13.2 Å². The first-order valence-electron chi connectivity index (χ1n) is 39.5. The highest BCUT2D eigenvalue weighted by molar-refractivity contribution is 4.85. The normalized spacial score (nSPS) is 17.7. The average molecular weight is 1220 g/mol. The van der Waals surface area contributed by atoms with Crippen LogP contribution >= 0.6 is 0 Å². The third-order valence-electron chi connectivity index (χ3n) is 16.1. The van der Waals surface area contributed by atoms with E-state index in [-0.39, 0.29) is 28.6 Å². The summed E-state index contributed by atoms with van der Waals surface area (Å²) in [5.74, 6) is 5.26. The van der Waals surface area contributed by atoms with Crippen LogP contribution in [-0.2, 0) is 0 Å². The lowest BCUT2D eigenvalue weighted by molar-refractivity contribution is -0.220. The molecule has 0 unspecified atom stereocenters. The summed E-state index contributed by atoms with van der Waals surface area (Å²) in [6, 6.07) is 0. The summed E-state index contributed by atoms with van der Waals surface area (Å²) in [6.45, 7) is 87.8. The Morgan fingerprint density at radius 2 is 0.679 bits per heavy atom. The number of rotatable bonds is 9. The zero-order valence-electron chi connectivity index (χ0n) is 76.5. The van der Waals surface area contributed by atoms with Crippen LogP contribution in [0.2, 0.25) is 0 Å². The summed E-state index contributed by atoms with van der Waals surface area (Å²) in [5, 5.41) is 0. The minimum absolute atomic E-state index is 0.104. The van der Waals surface area contributed by atoms with Crippen molar-refractivity contribution in [2.24, 2.45) is 101 Å². The first-order chi connectivity index (χ1) is 40.4. The van der Waals surface area contributed by atoms with Crippen LogP contribution in [0.25, 0.3) is 0 Å². The predicted molar refractivity (Wildman–Crippen MR) is 390 cm³/mol. The highest BCUT2D eigenvalue weighted by Gasteiger charge is 2.48. The number of halogens is 3. The third kappa shape index (κ3) is 69.3. The average Bonchev–Trinajstić information content (AvgIpc) is 0.912. The molecule has 3 heteroatoms. The molecule has 0 bridgehead atoms.